The van der Waals surface area contributed by atoms with Gasteiger partial charge >= 0.3 is 0 Å². The van der Waals surface area contributed by atoms with E-state index in [0.717, 1.165) is 5.69 Å². The first-order valence-electron chi connectivity index (χ1n) is 6.49. The van der Waals surface area contributed by atoms with Gasteiger partial charge in [-0.2, -0.15) is 0 Å². The fourth-order valence-electron chi connectivity index (χ4n) is 2.13. The standard InChI is InChI=1S/C14H24N2/c1-4-6-8-14(3,9-7-5-2)13-12-15-10-11-16-13/h10-12H,4-9H2,1-3H3. The molecular weight excluding hydrogens is 196 g/mol. The van der Waals surface area contributed by atoms with Gasteiger partial charge in [-0.05, 0) is 12.8 Å². The van der Waals surface area contributed by atoms with Gasteiger partial charge in [0.15, 0.2) is 0 Å². The SMILES string of the molecule is CCCCC(C)(CCCC)c1cnccn1. The van der Waals surface area contributed by atoms with Crippen LogP contribution in [0.5, 0.6) is 0 Å². The summed E-state index contributed by atoms with van der Waals surface area (Å²) in [6, 6.07) is 0. The van der Waals surface area contributed by atoms with Crippen LogP contribution in [0.25, 0.3) is 0 Å². The van der Waals surface area contributed by atoms with Crippen LogP contribution < -0.4 is 0 Å². The highest BCUT2D eigenvalue weighted by Gasteiger charge is 2.26. The van der Waals surface area contributed by atoms with Crippen LogP contribution in [0.2, 0.25) is 0 Å². The average molecular weight is 220 g/mol. The number of unbranched alkanes of at least 4 members (excludes halogenated alkanes) is 2. The van der Waals surface area contributed by atoms with Gasteiger partial charge in [0.2, 0.25) is 0 Å². The maximum Gasteiger partial charge on any atom is 0.0645 e. The molecule has 0 unspecified atom stereocenters. The molecule has 0 N–H and O–H groups in total. The van der Waals surface area contributed by atoms with Gasteiger partial charge in [0.25, 0.3) is 0 Å². The molecule has 1 aromatic rings. The van der Waals surface area contributed by atoms with E-state index >= 15 is 0 Å². The normalized spacial score (nSPS) is 11.7. The summed E-state index contributed by atoms with van der Waals surface area (Å²) in [5.41, 5.74) is 1.39. The molecule has 16 heavy (non-hydrogen) atoms. The Morgan fingerprint density at radius 2 is 1.69 bits per heavy atom. The van der Waals surface area contributed by atoms with E-state index in [1.54, 1.807) is 6.20 Å². The first-order chi connectivity index (χ1) is 7.73. The second-order valence-electron chi connectivity index (χ2n) is 4.86. The Hall–Kier alpha value is -0.920. The maximum atomic E-state index is 4.49. The average Bonchev–Trinajstić information content (AvgIpc) is 2.35. The predicted molar refractivity (Wildman–Crippen MR) is 68.4 cm³/mol. The molecule has 90 valence electrons. The predicted octanol–water partition coefficient (Wildman–Crippen LogP) is 4.11. The lowest BCUT2D eigenvalue weighted by Crippen LogP contribution is -2.23. The molecular formula is C14H24N2. The van der Waals surface area contributed by atoms with Crippen LogP contribution in [0, 0.1) is 0 Å². The fourth-order valence-corrected chi connectivity index (χ4v) is 2.13. The summed E-state index contributed by atoms with van der Waals surface area (Å²) in [6.07, 6.45) is 13.0. The monoisotopic (exact) mass is 220 g/mol. The Kier molecular flexibility index (Phi) is 5.44. The molecule has 0 amide bonds. The van der Waals surface area contributed by atoms with Gasteiger partial charge in [0, 0.05) is 24.0 Å². The second kappa shape index (κ2) is 6.62. The van der Waals surface area contributed by atoms with Gasteiger partial charge in [0.05, 0.1) is 5.69 Å². The molecule has 0 spiro atoms. The van der Waals surface area contributed by atoms with E-state index in [9.17, 15) is 0 Å². The van der Waals surface area contributed by atoms with Gasteiger partial charge < -0.3 is 0 Å². The van der Waals surface area contributed by atoms with E-state index in [1.165, 1.54) is 38.5 Å². The fraction of sp³-hybridized carbons (Fsp3) is 0.714. The third-order valence-corrected chi connectivity index (χ3v) is 3.35. The minimum absolute atomic E-state index is 0.222. The zero-order chi connectivity index (χ0) is 11.9. The van der Waals surface area contributed by atoms with Crippen molar-refractivity contribution in [3.63, 3.8) is 0 Å². The number of aromatic nitrogens is 2. The minimum Gasteiger partial charge on any atom is -0.261 e. The zero-order valence-corrected chi connectivity index (χ0v) is 10.9. The maximum absolute atomic E-state index is 4.49. The van der Waals surface area contributed by atoms with Crippen molar-refractivity contribution >= 4 is 0 Å². The molecule has 0 aliphatic heterocycles. The van der Waals surface area contributed by atoms with Gasteiger partial charge in [-0.15, -0.1) is 0 Å². The van der Waals surface area contributed by atoms with Crippen molar-refractivity contribution < 1.29 is 0 Å². The molecule has 2 heteroatoms. The van der Waals surface area contributed by atoms with Crippen molar-refractivity contribution in [3.8, 4) is 0 Å². The Bertz CT molecular complexity index is 274. The highest BCUT2D eigenvalue weighted by molar-refractivity contribution is 5.11. The first-order valence-corrected chi connectivity index (χ1v) is 6.49. The molecule has 2 nitrogen and oxygen atoms in total. The molecule has 0 aliphatic carbocycles. The first kappa shape index (κ1) is 13.1. The van der Waals surface area contributed by atoms with E-state index in [4.69, 9.17) is 0 Å². The summed E-state index contributed by atoms with van der Waals surface area (Å²) < 4.78 is 0. The van der Waals surface area contributed by atoms with Crippen molar-refractivity contribution in [1.29, 1.82) is 0 Å². The third-order valence-electron chi connectivity index (χ3n) is 3.35. The van der Waals surface area contributed by atoms with Crippen LogP contribution in [0.15, 0.2) is 18.6 Å². The van der Waals surface area contributed by atoms with Crippen molar-refractivity contribution in [2.45, 2.75) is 64.7 Å². The molecule has 0 aromatic carbocycles. The van der Waals surface area contributed by atoms with Gasteiger partial charge in [-0.1, -0.05) is 46.5 Å². The Morgan fingerprint density at radius 1 is 1.06 bits per heavy atom. The van der Waals surface area contributed by atoms with E-state index in [2.05, 4.69) is 30.7 Å². The van der Waals surface area contributed by atoms with Gasteiger partial charge in [-0.3, -0.25) is 9.97 Å². The molecule has 0 atom stereocenters. The highest BCUT2D eigenvalue weighted by Crippen LogP contribution is 2.33. The summed E-state index contributed by atoms with van der Waals surface area (Å²) >= 11 is 0. The zero-order valence-electron chi connectivity index (χ0n) is 10.9. The van der Waals surface area contributed by atoms with Crippen molar-refractivity contribution in [2.24, 2.45) is 0 Å². The van der Waals surface area contributed by atoms with Crippen molar-refractivity contribution in [3.05, 3.63) is 24.3 Å². The highest BCUT2D eigenvalue weighted by atomic mass is 14.8. The van der Waals surface area contributed by atoms with Gasteiger partial charge in [-0.25, -0.2) is 0 Å². The topological polar surface area (TPSA) is 25.8 Å². The van der Waals surface area contributed by atoms with Crippen LogP contribution >= 0.6 is 0 Å². The largest absolute Gasteiger partial charge is 0.261 e. The van der Waals surface area contributed by atoms with Crippen LogP contribution in [0.3, 0.4) is 0 Å². The van der Waals surface area contributed by atoms with E-state index in [1.807, 2.05) is 12.4 Å². The van der Waals surface area contributed by atoms with E-state index < -0.39 is 0 Å². The Labute approximate surface area is 99.5 Å². The van der Waals surface area contributed by atoms with E-state index in [0.29, 0.717) is 0 Å². The molecule has 1 heterocycles. The van der Waals surface area contributed by atoms with Crippen LogP contribution in [-0.2, 0) is 5.41 Å². The van der Waals surface area contributed by atoms with Crippen LogP contribution in [-0.4, -0.2) is 9.97 Å². The van der Waals surface area contributed by atoms with E-state index in [-0.39, 0.29) is 5.41 Å². The molecule has 1 rings (SSSR count). The molecule has 0 saturated carbocycles. The quantitative estimate of drug-likeness (QED) is 0.691. The number of rotatable bonds is 7. The lowest BCUT2D eigenvalue weighted by molar-refractivity contribution is 0.364. The molecule has 0 saturated heterocycles. The Morgan fingerprint density at radius 3 is 2.12 bits per heavy atom. The smallest absolute Gasteiger partial charge is 0.0645 e. The lowest BCUT2D eigenvalue weighted by Gasteiger charge is -2.28. The molecule has 0 fully saturated rings. The van der Waals surface area contributed by atoms with Crippen molar-refractivity contribution in [2.75, 3.05) is 0 Å². The Balaban J connectivity index is 2.77. The van der Waals surface area contributed by atoms with Gasteiger partial charge in [0.1, 0.15) is 0 Å². The molecule has 0 aliphatic rings. The summed E-state index contributed by atoms with van der Waals surface area (Å²) in [4.78, 5) is 8.70. The lowest BCUT2D eigenvalue weighted by atomic mass is 9.77. The summed E-state index contributed by atoms with van der Waals surface area (Å²) in [7, 11) is 0. The summed E-state index contributed by atoms with van der Waals surface area (Å²) in [5.74, 6) is 0. The number of hydrogen-bond donors (Lipinski definition) is 0. The number of nitrogens with zero attached hydrogens (tertiary/aromatic N) is 2. The van der Waals surface area contributed by atoms with Crippen LogP contribution in [0.4, 0.5) is 0 Å². The molecule has 0 radical (unpaired) electrons. The van der Waals surface area contributed by atoms with Crippen LogP contribution in [0.1, 0.15) is 65.0 Å². The molecule has 1 aromatic heterocycles. The third kappa shape index (κ3) is 3.58. The minimum atomic E-state index is 0.222. The molecule has 0 bridgehead atoms. The number of hydrogen-bond acceptors (Lipinski definition) is 2. The second-order valence-corrected chi connectivity index (χ2v) is 4.86. The van der Waals surface area contributed by atoms with Crippen molar-refractivity contribution in [1.82, 2.24) is 9.97 Å². The summed E-state index contributed by atoms with van der Waals surface area (Å²) in [5, 5.41) is 0. The summed E-state index contributed by atoms with van der Waals surface area (Å²) in [6.45, 7) is 6.83.